The number of hydrogen-bond donors (Lipinski definition) is 1. The third kappa shape index (κ3) is 2.97. The molecule has 1 aromatic heterocycles. The summed E-state index contributed by atoms with van der Waals surface area (Å²) in [6, 6.07) is 5.58. The predicted octanol–water partition coefficient (Wildman–Crippen LogP) is 2.93. The fraction of sp³-hybridized carbons (Fsp3) is 0.250. The van der Waals surface area contributed by atoms with Crippen LogP contribution in [-0.2, 0) is 13.2 Å². The van der Waals surface area contributed by atoms with Crippen molar-refractivity contribution in [1.29, 1.82) is 0 Å². The minimum atomic E-state index is 0.00972. The molecule has 0 saturated carbocycles. The van der Waals surface area contributed by atoms with Crippen molar-refractivity contribution in [2.75, 3.05) is 11.9 Å². The lowest BCUT2D eigenvalue weighted by atomic mass is 10.2. The van der Waals surface area contributed by atoms with E-state index in [0.717, 1.165) is 23.5 Å². The van der Waals surface area contributed by atoms with Gasteiger partial charge in [-0.3, -0.25) is 0 Å². The summed E-state index contributed by atoms with van der Waals surface area (Å²) in [7, 11) is 1.97. The van der Waals surface area contributed by atoms with Crippen LogP contribution in [0.2, 0.25) is 5.02 Å². The molecule has 2 rings (SSSR count). The number of rotatable bonds is 4. The van der Waals surface area contributed by atoms with Gasteiger partial charge in [-0.25, -0.2) is 4.98 Å². The van der Waals surface area contributed by atoms with Gasteiger partial charge in [-0.05, 0) is 17.7 Å². The van der Waals surface area contributed by atoms with E-state index in [-0.39, 0.29) is 6.61 Å². The van der Waals surface area contributed by atoms with Gasteiger partial charge in [0.15, 0.2) is 0 Å². The quantitative estimate of drug-likeness (QED) is 0.926. The average Bonchev–Trinajstić information content (AvgIpc) is 2.81. The smallest absolute Gasteiger partial charge is 0.0795 e. The van der Waals surface area contributed by atoms with Gasteiger partial charge in [0.1, 0.15) is 0 Å². The number of hydrogen-bond acceptors (Lipinski definition) is 4. The Morgan fingerprint density at radius 3 is 2.88 bits per heavy atom. The Labute approximate surface area is 109 Å². The van der Waals surface area contributed by atoms with Gasteiger partial charge < -0.3 is 10.0 Å². The van der Waals surface area contributed by atoms with E-state index in [9.17, 15) is 0 Å². The first kappa shape index (κ1) is 12.4. The van der Waals surface area contributed by atoms with Gasteiger partial charge in [0, 0.05) is 12.4 Å². The van der Waals surface area contributed by atoms with Crippen molar-refractivity contribution in [3.05, 3.63) is 45.4 Å². The largest absolute Gasteiger partial charge is 0.392 e. The Hall–Kier alpha value is -1.10. The molecule has 0 aliphatic carbocycles. The van der Waals surface area contributed by atoms with Crippen LogP contribution in [0.1, 0.15) is 11.3 Å². The Kier molecular flexibility index (Phi) is 3.99. The summed E-state index contributed by atoms with van der Waals surface area (Å²) in [5, 5.41) is 11.7. The SMILES string of the molecule is CN(Cc1cscn1)c1ccc(CO)cc1Cl. The van der Waals surface area contributed by atoms with Gasteiger partial charge in [-0.1, -0.05) is 17.7 Å². The highest BCUT2D eigenvalue weighted by Crippen LogP contribution is 2.27. The maximum absolute atomic E-state index is 9.02. The van der Waals surface area contributed by atoms with Crippen LogP contribution in [0.15, 0.2) is 29.1 Å². The first-order chi connectivity index (χ1) is 8.20. The number of nitrogens with zero attached hydrogens (tertiary/aromatic N) is 2. The fourth-order valence-electron chi connectivity index (χ4n) is 1.60. The van der Waals surface area contributed by atoms with Crippen molar-refractivity contribution in [2.24, 2.45) is 0 Å². The van der Waals surface area contributed by atoms with Gasteiger partial charge in [0.2, 0.25) is 0 Å². The van der Waals surface area contributed by atoms with Crippen LogP contribution in [0.5, 0.6) is 0 Å². The lowest BCUT2D eigenvalue weighted by molar-refractivity contribution is 0.282. The Bertz CT molecular complexity index is 487. The lowest BCUT2D eigenvalue weighted by Gasteiger charge is -2.19. The van der Waals surface area contributed by atoms with Crippen molar-refractivity contribution >= 4 is 28.6 Å². The van der Waals surface area contributed by atoms with Crippen molar-refractivity contribution in [1.82, 2.24) is 4.98 Å². The van der Waals surface area contributed by atoms with Crippen LogP contribution >= 0.6 is 22.9 Å². The van der Waals surface area contributed by atoms with E-state index in [4.69, 9.17) is 16.7 Å². The molecule has 1 N–H and O–H groups in total. The summed E-state index contributed by atoms with van der Waals surface area (Å²) in [5.41, 5.74) is 4.61. The Balaban J connectivity index is 2.16. The number of aliphatic hydroxyl groups excluding tert-OH is 1. The third-order valence-electron chi connectivity index (χ3n) is 2.49. The minimum Gasteiger partial charge on any atom is -0.392 e. The van der Waals surface area contributed by atoms with E-state index in [0.29, 0.717) is 5.02 Å². The molecule has 90 valence electrons. The first-order valence-electron chi connectivity index (χ1n) is 5.18. The van der Waals surface area contributed by atoms with Crippen molar-refractivity contribution < 1.29 is 5.11 Å². The molecule has 0 saturated heterocycles. The van der Waals surface area contributed by atoms with Crippen LogP contribution in [-0.4, -0.2) is 17.1 Å². The average molecular weight is 269 g/mol. The van der Waals surface area contributed by atoms with Crippen LogP contribution in [0, 0.1) is 0 Å². The number of aromatic nitrogens is 1. The molecule has 0 radical (unpaired) electrons. The lowest BCUT2D eigenvalue weighted by Crippen LogP contribution is -2.17. The molecular weight excluding hydrogens is 256 g/mol. The molecule has 1 heterocycles. The highest BCUT2D eigenvalue weighted by molar-refractivity contribution is 7.07. The van der Waals surface area contributed by atoms with Crippen LogP contribution in [0.4, 0.5) is 5.69 Å². The summed E-state index contributed by atoms with van der Waals surface area (Å²) in [6.07, 6.45) is 0. The molecule has 0 aliphatic rings. The van der Waals surface area contributed by atoms with Crippen LogP contribution in [0.25, 0.3) is 0 Å². The van der Waals surface area contributed by atoms with Crippen molar-refractivity contribution in [2.45, 2.75) is 13.2 Å². The van der Waals surface area contributed by atoms with E-state index in [2.05, 4.69) is 4.98 Å². The highest BCUT2D eigenvalue weighted by Gasteiger charge is 2.08. The second kappa shape index (κ2) is 5.49. The summed E-state index contributed by atoms with van der Waals surface area (Å²) < 4.78 is 0. The number of aliphatic hydroxyl groups is 1. The molecule has 1 aromatic carbocycles. The summed E-state index contributed by atoms with van der Waals surface area (Å²) in [4.78, 5) is 6.28. The Morgan fingerprint density at radius 1 is 1.47 bits per heavy atom. The zero-order valence-corrected chi connectivity index (χ0v) is 11.0. The van der Waals surface area contributed by atoms with Gasteiger partial charge >= 0.3 is 0 Å². The fourth-order valence-corrected chi connectivity index (χ4v) is 2.50. The number of anilines is 1. The van der Waals surface area contributed by atoms with Crippen LogP contribution in [0.3, 0.4) is 0 Å². The van der Waals surface area contributed by atoms with Gasteiger partial charge in [0.05, 0.1) is 35.1 Å². The standard InChI is InChI=1S/C12H13ClN2OS/c1-15(5-10-7-17-8-14-10)12-3-2-9(6-16)4-11(12)13/h2-4,7-8,16H,5-6H2,1H3. The predicted molar refractivity (Wildman–Crippen MR) is 71.6 cm³/mol. The molecule has 5 heteroatoms. The zero-order chi connectivity index (χ0) is 12.3. The molecule has 0 bridgehead atoms. The second-order valence-corrected chi connectivity index (χ2v) is 4.91. The van der Waals surface area contributed by atoms with Gasteiger partial charge in [-0.15, -0.1) is 11.3 Å². The second-order valence-electron chi connectivity index (χ2n) is 3.78. The maximum Gasteiger partial charge on any atom is 0.0795 e. The van der Waals surface area contributed by atoms with Gasteiger partial charge in [-0.2, -0.15) is 0 Å². The molecule has 3 nitrogen and oxygen atoms in total. The molecule has 2 aromatic rings. The maximum atomic E-state index is 9.02. The van der Waals surface area contributed by atoms with Crippen LogP contribution < -0.4 is 4.90 Å². The molecule has 0 spiro atoms. The summed E-state index contributed by atoms with van der Waals surface area (Å²) in [5.74, 6) is 0. The molecule has 17 heavy (non-hydrogen) atoms. The highest BCUT2D eigenvalue weighted by atomic mass is 35.5. The molecular formula is C12H13ClN2OS. The van der Waals surface area contributed by atoms with E-state index in [1.165, 1.54) is 0 Å². The monoisotopic (exact) mass is 268 g/mol. The van der Waals surface area contributed by atoms with Gasteiger partial charge in [0.25, 0.3) is 0 Å². The van der Waals surface area contributed by atoms with E-state index >= 15 is 0 Å². The van der Waals surface area contributed by atoms with Crippen molar-refractivity contribution in [3.8, 4) is 0 Å². The molecule has 0 aliphatic heterocycles. The molecule has 0 atom stereocenters. The molecule has 0 fully saturated rings. The number of benzene rings is 1. The molecule has 0 amide bonds. The first-order valence-corrected chi connectivity index (χ1v) is 6.50. The zero-order valence-electron chi connectivity index (χ0n) is 9.43. The summed E-state index contributed by atoms with van der Waals surface area (Å²) in [6.45, 7) is 0.734. The minimum absolute atomic E-state index is 0.00972. The topological polar surface area (TPSA) is 36.4 Å². The molecule has 0 unspecified atom stereocenters. The number of halogens is 1. The number of thiazole rings is 1. The Morgan fingerprint density at radius 2 is 2.29 bits per heavy atom. The van der Waals surface area contributed by atoms with E-state index in [1.807, 2.05) is 35.0 Å². The van der Waals surface area contributed by atoms with E-state index in [1.54, 1.807) is 17.4 Å². The van der Waals surface area contributed by atoms with E-state index < -0.39 is 0 Å². The third-order valence-corrected chi connectivity index (χ3v) is 3.43. The van der Waals surface area contributed by atoms with Crippen molar-refractivity contribution in [3.63, 3.8) is 0 Å². The normalized spacial score (nSPS) is 10.5. The summed E-state index contributed by atoms with van der Waals surface area (Å²) >= 11 is 7.76.